The van der Waals surface area contributed by atoms with Crippen molar-refractivity contribution < 1.29 is 18.1 Å². The fraction of sp³-hybridized carbons (Fsp3) is 0.240. The largest absolute Gasteiger partial charge is 0.485 e. The zero-order valence-corrected chi connectivity index (χ0v) is 20.2. The summed E-state index contributed by atoms with van der Waals surface area (Å²) in [6.45, 7) is 3.97. The molecule has 0 spiro atoms. The Balaban J connectivity index is 1.68. The fourth-order valence-electron chi connectivity index (χ4n) is 4.01. The van der Waals surface area contributed by atoms with E-state index in [4.69, 9.17) is 4.74 Å². The molecule has 0 fully saturated rings. The van der Waals surface area contributed by atoms with Crippen molar-refractivity contribution in [1.29, 1.82) is 0 Å². The van der Waals surface area contributed by atoms with Gasteiger partial charge in [-0.15, -0.1) is 0 Å². The van der Waals surface area contributed by atoms with Gasteiger partial charge in [-0.1, -0.05) is 56.3 Å². The van der Waals surface area contributed by atoms with Crippen LogP contribution in [-0.2, 0) is 10.0 Å². The molecule has 0 aliphatic carbocycles. The zero-order chi connectivity index (χ0) is 25.0. The van der Waals surface area contributed by atoms with Gasteiger partial charge in [-0.2, -0.15) is 9.41 Å². The zero-order valence-electron chi connectivity index (χ0n) is 19.4. The summed E-state index contributed by atoms with van der Waals surface area (Å²) in [5.41, 5.74) is 4.98. The van der Waals surface area contributed by atoms with Crippen molar-refractivity contribution in [3.63, 3.8) is 0 Å². The lowest BCUT2D eigenvalue weighted by atomic mass is 9.96. The normalized spacial score (nSPS) is 16.5. The van der Waals surface area contributed by atoms with Gasteiger partial charge in [0, 0.05) is 31.1 Å². The van der Waals surface area contributed by atoms with E-state index in [0.717, 1.165) is 17.2 Å². The first-order valence-electron chi connectivity index (χ1n) is 11.3. The van der Waals surface area contributed by atoms with Crippen molar-refractivity contribution in [2.24, 2.45) is 5.10 Å². The second-order valence-corrected chi connectivity index (χ2v) is 9.85. The first-order chi connectivity index (χ1) is 16.8. The molecule has 1 aliphatic heterocycles. The number of anilines is 1. The standard InChI is InChI=1S/C25H26N4O5S/c1-3-28(4-2)35(32,33)19-14-15-21(23(16-19)29(30)31)26-27-22-17-25(18-10-6-5-7-11-18)34-24-13-9-8-12-20(22)24/h5-16,25-26H,3-4,17H2,1-2H3/b27-22+. The van der Waals surface area contributed by atoms with E-state index >= 15 is 0 Å². The van der Waals surface area contributed by atoms with Gasteiger partial charge in [-0.05, 0) is 29.8 Å². The van der Waals surface area contributed by atoms with Gasteiger partial charge in [0.25, 0.3) is 5.69 Å². The van der Waals surface area contributed by atoms with Crippen LogP contribution in [0.15, 0.2) is 82.8 Å². The Morgan fingerprint density at radius 2 is 1.74 bits per heavy atom. The van der Waals surface area contributed by atoms with Gasteiger partial charge in [0.1, 0.15) is 17.5 Å². The first kappa shape index (κ1) is 24.4. The van der Waals surface area contributed by atoms with Crippen LogP contribution in [0.25, 0.3) is 0 Å². The van der Waals surface area contributed by atoms with Crippen LogP contribution in [0.3, 0.4) is 0 Å². The molecule has 1 N–H and O–H groups in total. The molecule has 0 aromatic heterocycles. The third-order valence-corrected chi connectivity index (χ3v) is 7.88. The quantitative estimate of drug-likeness (QED) is 0.349. The van der Waals surface area contributed by atoms with Crippen LogP contribution in [0.2, 0.25) is 0 Å². The number of para-hydroxylation sites is 1. The maximum atomic E-state index is 12.8. The maximum absolute atomic E-state index is 12.8. The van der Waals surface area contributed by atoms with Crippen molar-refractivity contribution in [2.75, 3.05) is 18.5 Å². The fourth-order valence-corrected chi connectivity index (χ4v) is 5.48. The highest BCUT2D eigenvalue weighted by Gasteiger charge is 2.28. The van der Waals surface area contributed by atoms with E-state index in [0.29, 0.717) is 17.9 Å². The number of hydrogen-bond donors (Lipinski definition) is 1. The monoisotopic (exact) mass is 494 g/mol. The highest BCUT2D eigenvalue weighted by molar-refractivity contribution is 7.89. The van der Waals surface area contributed by atoms with Gasteiger partial charge in [0.2, 0.25) is 10.0 Å². The molecule has 0 radical (unpaired) electrons. The molecule has 10 heteroatoms. The van der Waals surface area contributed by atoms with Crippen molar-refractivity contribution in [2.45, 2.75) is 31.3 Å². The lowest BCUT2D eigenvalue weighted by molar-refractivity contribution is -0.384. The molecule has 0 saturated carbocycles. The molecule has 3 aromatic carbocycles. The number of fused-ring (bicyclic) bond motifs is 1. The molecule has 4 rings (SSSR count). The maximum Gasteiger partial charge on any atom is 0.295 e. The van der Waals surface area contributed by atoms with E-state index in [-0.39, 0.29) is 35.5 Å². The Morgan fingerprint density at radius 1 is 1.06 bits per heavy atom. The average Bonchev–Trinajstić information content (AvgIpc) is 2.88. The summed E-state index contributed by atoms with van der Waals surface area (Å²) >= 11 is 0. The Bertz CT molecular complexity index is 1360. The molecule has 9 nitrogen and oxygen atoms in total. The molecule has 1 atom stereocenters. The molecule has 0 amide bonds. The molecule has 35 heavy (non-hydrogen) atoms. The summed E-state index contributed by atoms with van der Waals surface area (Å²) in [5.74, 6) is 0.670. The minimum atomic E-state index is -3.84. The lowest BCUT2D eigenvalue weighted by Gasteiger charge is -2.27. The SMILES string of the molecule is CCN(CC)S(=O)(=O)c1ccc(N/N=C2\CC(c3ccccc3)Oc3ccccc32)c([N+](=O)[O-])c1. The second-order valence-electron chi connectivity index (χ2n) is 7.91. The smallest absolute Gasteiger partial charge is 0.295 e. The Labute approximate surface area is 204 Å². The molecule has 1 heterocycles. The van der Waals surface area contributed by atoms with E-state index in [2.05, 4.69) is 10.5 Å². The van der Waals surface area contributed by atoms with Gasteiger partial charge in [0.15, 0.2) is 0 Å². The molecule has 0 bridgehead atoms. The highest BCUT2D eigenvalue weighted by Crippen LogP contribution is 2.36. The summed E-state index contributed by atoms with van der Waals surface area (Å²) < 4.78 is 33.1. The number of ether oxygens (including phenoxy) is 1. The topological polar surface area (TPSA) is 114 Å². The summed E-state index contributed by atoms with van der Waals surface area (Å²) in [4.78, 5) is 11.0. The number of hydrazone groups is 1. The van der Waals surface area contributed by atoms with E-state index in [1.165, 1.54) is 16.4 Å². The van der Waals surface area contributed by atoms with E-state index in [9.17, 15) is 18.5 Å². The summed E-state index contributed by atoms with van der Waals surface area (Å²) in [6.07, 6.45) is 0.194. The molecule has 0 saturated heterocycles. The minimum absolute atomic E-state index is 0.0984. The predicted octanol–water partition coefficient (Wildman–Crippen LogP) is 4.97. The number of nitrogens with one attached hydrogen (secondary N) is 1. The number of rotatable bonds is 8. The average molecular weight is 495 g/mol. The summed E-state index contributed by atoms with van der Waals surface area (Å²) in [7, 11) is -3.84. The van der Waals surface area contributed by atoms with Crippen LogP contribution in [0.4, 0.5) is 11.4 Å². The van der Waals surface area contributed by atoms with E-state index < -0.39 is 14.9 Å². The van der Waals surface area contributed by atoms with Crippen LogP contribution in [-0.4, -0.2) is 36.4 Å². The molecule has 1 unspecified atom stereocenters. The van der Waals surface area contributed by atoms with Crippen LogP contribution < -0.4 is 10.2 Å². The van der Waals surface area contributed by atoms with Crippen molar-refractivity contribution >= 4 is 27.1 Å². The number of hydrogen-bond acceptors (Lipinski definition) is 7. The van der Waals surface area contributed by atoms with Gasteiger partial charge in [0.05, 0.1) is 15.5 Å². The minimum Gasteiger partial charge on any atom is -0.485 e. The van der Waals surface area contributed by atoms with E-state index in [1.807, 2.05) is 54.6 Å². The Hall–Kier alpha value is -3.76. The van der Waals surface area contributed by atoms with Crippen molar-refractivity contribution in [1.82, 2.24) is 4.31 Å². The van der Waals surface area contributed by atoms with Crippen LogP contribution in [0.1, 0.15) is 37.5 Å². The van der Waals surface area contributed by atoms with Crippen LogP contribution in [0.5, 0.6) is 5.75 Å². The van der Waals surface area contributed by atoms with Crippen molar-refractivity contribution in [3.05, 3.63) is 94.0 Å². The summed E-state index contributed by atoms with van der Waals surface area (Å²) in [6, 6.07) is 21.0. The number of sulfonamides is 1. The third-order valence-electron chi connectivity index (χ3n) is 5.84. The van der Waals surface area contributed by atoms with Crippen LogP contribution >= 0.6 is 0 Å². The predicted molar refractivity (Wildman–Crippen MR) is 134 cm³/mol. The molecule has 3 aromatic rings. The van der Waals surface area contributed by atoms with Gasteiger partial charge in [-0.3, -0.25) is 15.5 Å². The second kappa shape index (κ2) is 10.2. The van der Waals surface area contributed by atoms with Crippen molar-refractivity contribution in [3.8, 4) is 5.75 Å². The summed E-state index contributed by atoms with van der Waals surface area (Å²) in [5, 5.41) is 16.3. The van der Waals surface area contributed by atoms with Gasteiger partial charge >= 0.3 is 0 Å². The highest BCUT2D eigenvalue weighted by atomic mass is 32.2. The molecular weight excluding hydrogens is 468 g/mol. The lowest BCUT2D eigenvalue weighted by Crippen LogP contribution is -2.30. The number of nitrogens with zero attached hydrogens (tertiary/aromatic N) is 3. The number of nitro groups is 1. The number of nitro benzene ring substituents is 1. The Kier molecular flexibility index (Phi) is 7.13. The number of benzene rings is 3. The van der Waals surface area contributed by atoms with Gasteiger partial charge < -0.3 is 4.74 Å². The molecular formula is C25H26N4O5S. The molecule has 182 valence electrons. The third kappa shape index (κ3) is 5.03. The molecule has 1 aliphatic rings. The first-order valence-corrected chi connectivity index (χ1v) is 12.7. The van der Waals surface area contributed by atoms with E-state index in [1.54, 1.807) is 13.8 Å². The van der Waals surface area contributed by atoms with Crippen LogP contribution in [0, 0.1) is 10.1 Å². The Morgan fingerprint density at radius 3 is 2.43 bits per heavy atom. The van der Waals surface area contributed by atoms with Gasteiger partial charge in [-0.25, -0.2) is 8.42 Å².